The molecule has 1 aliphatic rings. The second kappa shape index (κ2) is 8.31. The number of aryl methyl sites for hydroxylation is 1. The Labute approximate surface area is 182 Å². The van der Waals surface area contributed by atoms with Crippen LogP contribution in [0.5, 0.6) is 0 Å². The van der Waals surface area contributed by atoms with E-state index in [0.717, 1.165) is 35.6 Å². The predicted molar refractivity (Wildman–Crippen MR) is 117 cm³/mol. The molecule has 1 amide bonds. The number of hydrogen-bond acceptors (Lipinski definition) is 7. The van der Waals surface area contributed by atoms with Crippen LogP contribution < -0.4 is 5.32 Å². The molecule has 4 aromatic rings. The zero-order valence-corrected chi connectivity index (χ0v) is 17.7. The third kappa shape index (κ3) is 4.33. The number of hydrogen-bond donors (Lipinski definition) is 1. The van der Waals surface area contributed by atoms with Gasteiger partial charge in [0, 0.05) is 16.9 Å². The molecular weight excluding hydrogens is 412 g/mol. The minimum absolute atomic E-state index is 0.112. The SMILES string of the molecule is Cc1ccc(-n2cnnc2SCC(=O)Nc2ccc(-c3nnnn3C3CC3)cc2)cc1. The Balaban J connectivity index is 1.20. The average molecular weight is 433 g/mol. The first-order valence-corrected chi connectivity index (χ1v) is 10.9. The molecule has 0 bridgehead atoms. The van der Waals surface area contributed by atoms with E-state index in [1.165, 1.54) is 17.3 Å². The zero-order chi connectivity index (χ0) is 21.2. The maximum atomic E-state index is 12.4. The molecule has 10 heteroatoms. The van der Waals surface area contributed by atoms with Crippen molar-refractivity contribution >= 4 is 23.4 Å². The van der Waals surface area contributed by atoms with Gasteiger partial charge in [0.1, 0.15) is 6.33 Å². The van der Waals surface area contributed by atoms with Gasteiger partial charge in [0.15, 0.2) is 11.0 Å². The van der Waals surface area contributed by atoms with Gasteiger partial charge >= 0.3 is 0 Å². The summed E-state index contributed by atoms with van der Waals surface area (Å²) in [5, 5.41) is 23.7. The lowest BCUT2D eigenvalue weighted by molar-refractivity contribution is -0.113. The van der Waals surface area contributed by atoms with Crippen LogP contribution in [0.2, 0.25) is 0 Å². The van der Waals surface area contributed by atoms with Crippen molar-refractivity contribution in [3.8, 4) is 17.1 Å². The molecule has 0 unspecified atom stereocenters. The summed E-state index contributed by atoms with van der Waals surface area (Å²) in [7, 11) is 0. The number of benzene rings is 2. The standard InChI is InChI=1S/C21H20N8OS/c1-14-2-8-17(9-3-14)28-13-22-25-21(28)31-12-19(30)23-16-6-4-15(5-7-16)20-24-26-27-29(20)18-10-11-18/h2-9,13,18H,10-12H2,1H3,(H,23,30). The third-order valence-electron chi connectivity index (χ3n) is 4.97. The molecule has 31 heavy (non-hydrogen) atoms. The van der Waals surface area contributed by atoms with Gasteiger partial charge in [-0.25, -0.2) is 4.68 Å². The summed E-state index contributed by atoms with van der Waals surface area (Å²) in [5.41, 5.74) is 3.79. The van der Waals surface area contributed by atoms with E-state index in [9.17, 15) is 4.79 Å². The van der Waals surface area contributed by atoms with Gasteiger partial charge in [0.2, 0.25) is 5.91 Å². The fourth-order valence-electron chi connectivity index (χ4n) is 3.18. The van der Waals surface area contributed by atoms with Crippen molar-refractivity contribution in [2.24, 2.45) is 0 Å². The monoisotopic (exact) mass is 432 g/mol. The van der Waals surface area contributed by atoms with Crippen LogP contribution in [0.15, 0.2) is 60.0 Å². The van der Waals surface area contributed by atoms with Crippen LogP contribution in [0.1, 0.15) is 24.4 Å². The van der Waals surface area contributed by atoms with E-state index >= 15 is 0 Å². The second-order valence-electron chi connectivity index (χ2n) is 7.41. The van der Waals surface area contributed by atoms with Crippen molar-refractivity contribution in [2.75, 3.05) is 11.1 Å². The lowest BCUT2D eigenvalue weighted by atomic mass is 10.2. The van der Waals surface area contributed by atoms with E-state index < -0.39 is 0 Å². The molecule has 0 atom stereocenters. The van der Waals surface area contributed by atoms with E-state index in [4.69, 9.17) is 0 Å². The zero-order valence-electron chi connectivity index (χ0n) is 16.8. The number of carbonyl (C=O) groups is 1. The van der Waals surface area contributed by atoms with E-state index in [0.29, 0.717) is 11.2 Å². The number of carbonyl (C=O) groups excluding carboxylic acids is 1. The molecule has 0 radical (unpaired) electrons. The summed E-state index contributed by atoms with van der Waals surface area (Å²) in [6.45, 7) is 2.04. The van der Waals surface area contributed by atoms with Gasteiger partial charge in [-0.1, -0.05) is 29.5 Å². The van der Waals surface area contributed by atoms with Gasteiger partial charge in [-0.15, -0.1) is 15.3 Å². The number of nitrogens with zero attached hydrogens (tertiary/aromatic N) is 7. The van der Waals surface area contributed by atoms with E-state index in [2.05, 4.69) is 31.0 Å². The van der Waals surface area contributed by atoms with Crippen LogP contribution in [-0.2, 0) is 4.79 Å². The van der Waals surface area contributed by atoms with Crippen molar-refractivity contribution in [2.45, 2.75) is 31.0 Å². The molecule has 1 N–H and O–H groups in total. The smallest absolute Gasteiger partial charge is 0.234 e. The molecule has 5 rings (SSSR count). The molecule has 2 aromatic carbocycles. The maximum Gasteiger partial charge on any atom is 0.234 e. The van der Waals surface area contributed by atoms with E-state index in [-0.39, 0.29) is 11.7 Å². The molecule has 1 aliphatic carbocycles. The minimum atomic E-state index is -0.112. The number of anilines is 1. The number of aromatic nitrogens is 7. The number of thioether (sulfide) groups is 1. The molecule has 2 heterocycles. The number of nitrogens with one attached hydrogen (secondary N) is 1. The second-order valence-corrected chi connectivity index (χ2v) is 8.35. The fourth-order valence-corrected chi connectivity index (χ4v) is 3.91. The van der Waals surface area contributed by atoms with Crippen molar-refractivity contribution in [1.82, 2.24) is 35.0 Å². The molecule has 0 saturated heterocycles. The highest BCUT2D eigenvalue weighted by atomic mass is 32.2. The van der Waals surface area contributed by atoms with Gasteiger partial charge in [0.25, 0.3) is 0 Å². The number of tetrazole rings is 1. The Kier molecular flexibility index (Phi) is 5.21. The summed E-state index contributed by atoms with van der Waals surface area (Å²) in [4.78, 5) is 12.4. The molecule has 156 valence electrons. The maximum absolute atomic E-state index is 12.4. The Morgan fingerprint density at radius 2 is 1.87 bits per heavy atom. The molecule has 1 saturated carbocycles. The normalized spacial score (nSPS) is 13.3. The van der Waals surface area contributed by atoms with Crippen molar-refractivity contribution in [3.05, 3.63) is 60.4 Å². The Morgan fingerprint density at radius 1 is 1.10 bits per heavy atom. The Bertz CT molecular complexity index is 1190. The minimum Gasteiger partial charge on any atom is -0.325 e. The van der Waals surface area contributed by atoms with Crippen molar-refractivity contribution in [3.63, 3.8) is 0 Å². The lowest BCUT2D eigenvalue weighted by Gasteiger charge is -2.08. The third-order valence-corrected chi connectivity index (χ3v) is 5.92. The first-order valence-electron chi connectivity index (χ1n) is 9.95. The van der Waals surface area contributed by atoms with Crippen LogP contribution in [0.4, 0.5) is 5.69 Å². The average Bonchev–Trinajstić information content (AvgIpc) is 3.32. The topological polar surface area (TPSA) is 103 Å². The highest BCUT2D eigenvalue weighted by Gasteiger charge is 2.28. The van der Waals surface area contributed by atoms with Crippen molar-refractivity contribution < 1.29 is 4.79 Å². The summed E-state index contributed by atoms with van der Waals surface area (Å²) in [5.74, 6) is 0.872. The molecule has 0 spiro atoms. The predicted octanol–water partition coefficient (Wildman–Crippen LogP) is 3.29. The van der Waals surface area contributed by atoms with Gasteiger partial charge in [0.05, 0.1) is 11.8 Å². The van der Waals surface area contributed by atoms with Crippen LogP contribution in [-0.4, -0.2) is 46.6 Å². The molecular formula is C21H20N8OS. The van der Waals surface area contributed by atoms with Crippen LogP contribution in [0.3, 0.4) is 0 Å². The first-order chi connectivity index (χ1) is 15.2. The Hall–Kier alpha value is -3.53. The summed E-state index contributed by atoms with van der Waals surface area (Å²) in [6.07, 6.45) is 3.88. The largest absolute Gasteiger partial charge is 0.325 e. The molecule has 0 aliphatic heterocycles. The van der Waals surface area contributed by atoms with Crippen LogP contribution >= 0.6 is 11.8 Å². The summed E-state index contributed by atoms with van der Waals surface area (Å²) in [6, 6.07) is 16.0. The fraction of sp³-hybridized carbons (Fsp3) is 0.238. The molecule has 1 fully saturated rings. The van der Waals surface area contributed by atoms with Crippen LogP contribution in [0, 0.1) is 6.92 Å². The highest BCUT2D eigenvalue weighted by Crippen LogP contribution is 2.36. The van der Waals surface area contributed by atoms with Crippen molar-refractivity contribution in [1.29, 1.82) is 0 Å². The van der Waals surface area contributed by atoms with E-state index in [1.54, 1.807) is 6.33 Å². The Morgan fingerprint density at radius 3 is 2.61 bits per heavy atom. The van der Waals surface area contributed by atoms with Gasteiger partial charge in [-0.3, -0.25) is 9.36 Å². The van der Waals surface area contributed by atoms with E-state index in [1.807, 2.05) is 64.7 Å². The number of amides is 1. The summed E-state index contributed by atoms with van der Waals surface area (Å²) >= 11 is 1.34. The summed E-state index contributed by atoms with van der Waals surface area (Å²) < 4.78 is 3.74. The van der Waals surface area contributed by atoms with Crippen LogP contribution in [0.25, 0.3) is 17.1 Å². The quantitative estimate of drug-likeness (QED) is 0.447. The van der Waals surface area contributed by atoms with Gasteiger partial charge in [-0.05, 0) is 66.6 Å². The number of rotatable bonds is 7. The molecule has 9 nitrogen and oxygen atoms in total. The van der Waals surface area contributed by atoms with Gasteiger partial charge in [-0.2, -0.15) is 0 Å². The van der Waals surface area contributed by atoms with Gasteiger partial charge < -0.3 is 5.32 Å². The molecule has 2 aromatic heterocycles. The highest BCUT2D eigenvalue weighted by molar-refractivity contribution is 7.99. The lowest BCUT2D eigenvalue weighted by Crippen LogP contribution is -2.14. The first kappa shape index (κ1) is 19.4.